The number of amides is 6. The second kappa shape index (κ2) is 19.4. The van der Waals surface area contributed by atoms with Gasteiger partial charge in [0, 0.05) is 108 Å². The fourth-order valence-corrected chi connectivity index (χ4v) is 9.21. The zero-order valence-corrected chi connectivity index (χ0v) is 35.0. The molecule has 0 spiro atoms. The van der Waals surface area contributed by atoms with Gasteiger partial charge in [-0.1, -0.05) is 18.9 Å². The number of aromatic nitrogens is 1. The number of anilines is 2. The normalized spacial score (nSPS) is 20.6. The summed E-state index contributed by atoms with van der Waals surface area (Å²) in [6.07, 6.45) is 11.8. The Labute approximate surface area is 360 Å². The van der Waals surface area contributed by atoms with Crippen molar-refractivity contribution in [2.75, 3.05) is 88.5 Å². The van der Waals surface area contributed by atoms with Gasteiger partial charge >= 0.3 is 0 Å². The lowest BCUT2D eigenvalue weighted by Crippen LogP contribution is -2.54. The van der Waals surface area contributed by atoms with Gasteiger partial charge in [-0.05, 0) is 85.7 Å². The molecule has 8 rings (SSSR count). The molecular weight excluding hydrogens is 794 g/mol. The third kappa shape index (κ3) is 9.71. The molecule has 62 heavy (non-hydrogen) atoms. The highest BCUT2D eigenvalue weighted by atomic mass is 19.1. The first-order valence-electron chi connectivity index (χ1n) is 21.9. The number of nitrogens with zero attached hydrogens (tertiary/aromatic N) is 7. The van der Waals surface area contributed by atoms with Crippen molar-refractivity contribution in [1.29, 1.82) is 0 Å². The van der Waals surface area contributed by atoms with Crippen molar-refractivity contribution in [3.8, 4) is 0 Å². The monoisotopic (exact) mass is 847 g/mol. The van der Waals surface area contributed by atoms with Gasteiger partial charge in [0.1, 0.15) is 6.04 Å². The zero-order chi connectivity index (χ0) is 43.2. The van der Waals surface area contributed by atoms with E-state index in [2.05, 4.69) is 42.5 Å². The fourth-order valence-electron chi connectivity index (χ4n) is 9.21. The van der Waals surface area contributed by atoms with Gasteiger partial charge in [0.25, 0.3) is 17.7 Å². The third-order valence-corrected chi connectivity index (χ3v) is 12.8. The molecule has 1 atom stereocenters. The summed E-state index contributed by atoms with van der Waals surface area (Å²) in [5, 5.41) is 5.12. The van der Waals surface area contributed by atoms with E-state index in [0.29, 0.717) is 44.2 Å². The number of rotatable bonds is 13. The van der Waals surface area contributed by atoms with Crippen molar-refractivity contribution in [2.45, 2.75) is 51.0 Å². The number of likely N-dealkylation sites (tertiary alicyclic amines) is 1. The summed E-state index contributed by atoms with van der Waals surface area (Å²) in [6, 6.07) is 13.6. The summed E-state index contributed by atoms with van der Waals surface area (Å²) in [5.41, 5.74) is 2.59. The van der Waals surface area contributed by atoms with Crippen LogP contribution in [0, 0.1) is 11.7 Å². The Hall–Kier alpha value is -6.00. The predicted octanol–water partition coefficient (Wildman–Crippen LogP) is 3.38. The summed E-state index contributed by atoms with van der Waals surface area (Å²) >= 11 is 0. The highest BCUT2D eigenvalue weighted by molar-refractivity contribution is 6.24. The van der Waals surface area contributed by atoms with Crippen LogP contribution in [-0.2, 0) is 14.4 Å². The number of nitrogens with one attached hydrogen (secondary N) is 2. The van der Waals surface area contributed by atoms with Crippen LogP contribution in [0.4, 0.5) is 15.8 Å². The highest BCUT2D eigenvalue weighted by Crippen LogP contribution is 2.34. The maximum atomic E-state index is 16.0. The molecule has 2 aromatic carbocycles. The number of pyridine rings is 1. The number of benzene rings is 2. The van der Waals surface area contributed by atoms with E-state index in [4.69, 9.17) is 0 Å². The predicted molar refractivity (Wildman–Crippen MR) is 231 cm³/mol. The van der Waals surface area contributed by atoms with Crippen LogP contribution in [0.25, 0.3) is 6.08 Å². The summed E-state index contributed by atoms with van der Waals surface area (Å²) in [7, 11) is 0. The third-order valence-electron chi connectivity index (χ3n) is 12.8. The number of piperazine rings is 2. The lowest BCUT2D eigenvalue weighted by Gasteiger charge is -2.41. The molecule has 1 aromatic heterocycles. The van der Waals surface area contributed by atoms with Crippen LogP contribution in [-0.4, -0.2) is 145 Å². The molecule has 5 aliphatic rings. The van der Waals surface area contributed by atoms with E-state index in [9.17, 15) is 28.8 Å². The van der Waals surface area contributed by atoms with Crippen LogP contribution in [0.3, 0.4) is 0 Å². The first-order chi connectivity index (χ1) is 30.1. The van der Waals surface area contributed by atoms with Crippen molar-refractivity contribution < 1.29 is 33.2 Å². The van der Waals surface area contributed by atoms with Crippen LogP contribution in [0.1, 0.15) is 81.6 Å². The number of piperidine rings is 2. The smallest absolute Gasteiger partial charge is 0.265 e. The number of hydrogen-bond acceptors (Lipinski definition) is 11. The number of imide groups is 2. The Kier molecular flexibility index (Phi) is 13.3. The van der Waals surface area contributed by atoms with Crippen molar-refractivity contribution in [3.63, 3.8) is 0 Å². The lowest BCUT2D eigenvalue weighted by molar-refractivity contribution is -0.136. The van der Waals surface area contributed by atoms with Crippen LogP contribution >= 0.6 is 0 Å². The SMILES string of the molecule is O=C(/C=C/c1cccnc1)NCCCCC1CCN(C(=O)c2ccc(N3CCN(CN4CCN(c5ccc6c(c5F)C(=O)N(C5CCC(=O)NC5=O)C6=O)CC4)CC3)cc2)CC1. The van der Waals surface area contributed by atoms with E-state index in [1.807, 2.05) is 34.1 Å². The molecule has 15 nitrogen and oxygen atoms in total. The summed E-state index contributed by atoms with van der Waals surface area (Å²) in [4.78, 5) is 91.8. The van der Waals surface area contributed by atoms with E-state index in [0.717, 1.165) is 94.2 Å². The Morgan fingerprint density at radius 1 is 0.806 bits per heavy atom. The van der Waals surface area contributed by atoms with Gasteiger partial charge in [0.05, 0.1) is 23.5 Å². The second-order valence-corrected chi connectivity index (χ2v) is 16.8. The van der Waals surface area contributed by atoms with E-state index in [-0.39, 0.29) is 41.5 Å². The van der Waals surface area contributed by atoms with Crippen molar-refractivity contribution in [3.05, 3.63) is 95.1 Å². The van der Waals surface area contributed by atoms with Crippen molar-refractivity contribution >= 4 is 52.9 Å². The van der Waals surface area contributed by atoms with Crippen LogP contribution in [0.15, 0.2) is 67.0 Å². The topological polar surface area (TPSA) is 159 Å². The average Bonchev–Trinajstić information content (AvgIpc) is 3.55. The highest BCUT2D eigenvalue weighted by Gasteiger charge is 2.46. The summed E-state index contributed by atoms with van der Waals surface area (Å²) in [6.45, 7) is 8.95. The first-order valence-corrected chi connectivity index (χ1v) is 21.9. The van der Waals surface area contributed by atoms with E-state index < -0.39 is 35.5 Å². The molecule has 4 fully saturated rings. The minimum atomic E-state index is -1.14. The summed E-state index contributed by atoms with van der Waals surface area (Å²) < 4.78 is 16.0. The lowest BCUT2D eigenvalue weighted by atomic mass is 9.91. The van der Waals surface area contributed by atoms with Crippen LogP contribution in [0.5, 0.6) is 0 Å². The van der Waals surface area contributed by atoms with Crippen molar-refractivity contribution in [2.24, 2.45) is 5.92 Å². The Morgan fingerprint density at radius 2 is 1.52 bits per heavy atom. The number of carbonyl (C=O) groups is 6. The molecule has 0 aliphatic carbocycles. The standard InChI is InChI=1S/C46H54FN9O6/c47-42-37(12-11-36-41(42)46(62)56(45(36)61)38-13-15-40(58)50-43(38)59)54-28-24-52(25-29-54)31-51-22-26-53(27-23-51)35-9-7-34(8-10-35)44(60)55-20-16-32(17-21-55)4-1-2-19-49-39(57)14-6-33-5-3-18-48-30-33/h3,5-12,14,18,30,32,38H,1-2,4,13,15-17,19-29,31H2,(H,49,57)(H,50,58,59)/b14-6+. The number of halogens is 1. The van der Waals surface area contributed by atoms with Gasteiger partial charge in [-0.15, -0.1) is 0 Å². The maximum absolute atomic E-state index is 16.0. The Balaban J connectivity index is 0.723. The van der Waals surface area contributed by atoms with Crippen LogP contribution < -0.4 is 20.4 Å². The van der Waals surface area contributed by atoms with Gasteiger partial charge in [-0.3, -0.25) is 53.8 Å². The quantitative estimate of drug-likeness (QED) is 0.148. The van der Waals surface area contributed by atoms with E-state index in [1.165, 1.54) is 12.1 Å². The van der Waals surface area contributed by atoms with Gasteiger partial charge in [-0.25, -0.2) is 4.39 Å². The maximum Gasteiger partial charge on any atom is 0.265 e. The average molecular weight is 848 g/mol. The van der Waals surface area contributed by atoms with Gasteiger partial charge in [0.2, 0.25) is 17.7 Å². The number of carbonyl (C=O) groups excluding carboxylic acids is 6. The molecule has 0 bridgehead atoms. The van der Waals surface area contributed by atoms with Gasteiger partial charge in [0.15, 0.2) is 5.82 Å². The largest absolute Gasteiger partial charge is 0.369 e. The molecule has 5 aliphatic heterocycles. The Morgan fingerprint density at radius 3 is 2.19 bits per heavy atom. The second-order valence-electron chi connectivity index (χ2n) is 16.8. The molecule has 3 aromatic rings. The number of hydrogen-bond donors (Lipinski definition) is 2. The minimum Gasteiger partial charge on any atom is -0.369 e. The molecule has 6 heterocycles. The van der Waals surface area contributed by atoms with E-state index in [1.54, 1.807) is 24.5 Å². The zero-order valence-electron chi connectivity index (χ0n) is 35.0. The first kappa shape index (κ1) is 42.7. The fraction of sp³-hybridized carbons (Fsp3) is 0.457. The molecular formula is C46H54FN9O6. The Bertz CT molecular complexity index is 2180. The minimum absolute atomic E-state index is 0.00216. The number of unbranched alkanes of at least 4 members (excludes halogenated alkanes) is 1. The molecule has 6 amide bonds. The molecule has 4 saturated heterocycles. The van der Waals surface area contributed by atoms with Crippen LogP contribution in [0.2, 0.25) is 0 Å². The van der Waals surface area contributed by atoms with E-state index >= 15 is 4.39 Å². The number of fused-ring (bicyclic) bond motifs is 1. The molecule has 326 valence electrons. The van der Waals surface area contributed by atoms with Gasteiger partial charge < -0.3 is 20.0 Å². The van der Waals surface area contributed by atoms with Crippen molar-refractivity contribution in [1.82, 2.24) is 35.2 Å². The molecule has 2 N–H and O–H groups in total. The molecule has 16 heteroatoms. The summed E-state index contributed by atoms with van der Waals surface area (Å²) in [5.74, 6) is -2.93. The molecule has 1 unspecified atom stereocenters. The molecule has 0 saturated carbocycles. The molecule has 0 radical (unpaired) electrons. The van der Waals surface area contributed by atoms with Gasteiger partial charge in [-0.2, -0.15) is 0 Å².